The van der Waals surface area contributed by atoms with E-state index in [-0.39, 0.29) is 5.91 Å². The Bertz CT molecular complexity index is 203. The van der Waals surface area contributed by atoms with E-state index in [1.165, 1.54) is 0 Å². The van der Waals surface area contributed by atoms with Gasteiger partial charge in [0.25, 0.3) is 0 Å². The smallest absolute Gasteiger partial charge is 0.234 e. The predicted molar refractivity (Wildman–Crippen MR) is 72.8 cm³/mol. The number of nitrogens with one attached hydrogen (secondary N) is 1. The monoisotopic (exact) mass is 243 g/mol. The summed E-state index contributed by atoms with van der Waals surface area (Å²) in [5.41, 5.74) is 5.60. The lowest BCUT2D eigenvalue weighted by atomic mass is 10.1. The Morgan fingerprint density at radius 1 is 1.29 bits per heavy atom. The van der Waals surface area contributed by atoms with Gasteiger partial charge in [0.1, 0.15) is 0 Å². The first-order valence-electron chi connectivity index (χ1n) is 6.75. The third-order valence-electron chi connectivity index (χ3n) is 2.93. The van der Waals surface area contributed by atoms with Crippen molar-refractivity contribution in [2.24, 2.45) is 11.7 Å². The molecule has 0 aliphatic heterocycles. The van der Waals surface area contributed by atoms with Gasteiger partial charge in [-0.05, 0) is 18.8 Å². The van der Waals surface area contributed by atoms with Crippen LogP contribution in [0, 0.1) is 5.92 Å². The zero-order valence-electron chi connectivity index (χ0n) is 11.8. The second-order valence-electron chi connectivity index (χ2n) is 4.93. The van der Waals surface area contributed by atoms with Crippen LogP contribution in [0.25, 0.3) is 0 Å². The number of carbonyl (C=O) groups excluding carboxylic acids is 1. The minimum absolute atomic E-state index is 0.110. The maximum atomic E-state index is 11.8. The Labute approximate surface area is 106 Å². The van der Waals surface area contributed by atoms with Crippen LogP contribution in [0.4, 0.5) is 0 Å². The molecule has 0 radical (unpaired) electrons. The van der Waals surface area contributed by atoms with Gasteiger partial charge in [-0.1, -0.05) is 27.7 Å². The molecular formula is C13H29N3O. The SMILES string of the molecule is CCC(CC)N(CCN)CC(=O)NCC(C)C. The van der Waals surface area contributed by atoms with Crippen LogP contribution in [0.2, 0.25) is 0 Å². The van der Waals surface area contributed by atoms with Crippen LogP contribution >= 0.6 is 0 Å². The zero-order chi connectivity index (χ0) is 13.3. The van der Waals surface area contributed by atoms with E-state index in [1.807, 2.05) is 0 Å². The number of nitrogens with two attached hydrogens (primary N) is 1. The van der Waals surface area contributed by atoms with Gasteiger partial charge < -0.3 is 11.1 Å². The first-order chi connectivity index (χ1) is 8.04. The van der Waals surface area contributed by atoms with E-state index in [1.54, 1.807) is 0 Å². The quantitative estimate of drug-likeness (QED) is 0.640. The molecule has 0 aliphatic rings. The highest BCUT2D eigenvalue weighted by molar-refractivity contribution is 5.78. The van der Waals surface area contributed by atoms with Gasteiger partial charge in [0, 0.05) is 25.7 Å². The Morgan fingerprint density at radius 3 is 2.29 bits per heavy atom. The molecule has 4 heteroatoms. The maximum Gasteiger partial charge on any atom is 0.234 e. The summed E-state index contributed by atoms with van der Waals surface area (Å²) in [7, 11) is 0. The molecule has 0 saturated carbocycles. The van der Waals surface area contributed by atoms with E-state index in [2.05, 4.69) is 37.9 Å². The molecule has 0 bridgehead atoms. The molecule has 0 atom stereocenters. The largest absolute Gasteiger partial charge is 0.355 e. The highest BCUT2D eigenvalue weighted by Gasteiger charge is 2.17. The number of amides is 1. The lowest BCUT2D eigenvalue weighted by molar-refractivity contribution is -0.123. The molecule has 102 valence electrons. The summed E-state index contributed by atoms with van der Waals surface area (Å²) in [5.74, 6) is 0.606. The van der Waals surface area contributed by atoms with E-state index >= 15 is 0 Å². The molecular weight excluding hydrogens is 214 g/mol. The van der Waals surface area contributed by atoms with Crippen molar-refractivity contribution in [1.82, 2.24) is 10.2 Å². The first-order valence-corrected chi connectivity index (χ1v) is 6.75. The molecule has 1 amide bonds. The summed E-state index contributed by atoms with van der Waals surface area (Å²) in [6.45, 7) is 11.1. The van der Waals surface area contributed by atoms with Crippen LogP contribution in [0.3, 0.4) is 0 Å². The molecule has 3 N–H and O–H groups in total. The summed E-state index contributed by atoms with van der Waals surface area (Å²) in [4.78, 5) is 14.0. The maximum absolute atomic E-state index is 11.8. The highest BCUT2D eigenvalue weighted by Crippen LogP contribution is 2.07. The lowest BCUT2D eigenvalue weighted by Crippen LogP contribution is -2.45. The van der Waals surface area contributed by atoms with Crippen LogP contribution < -0.4 is 11.1 Å². The molecule has 0 fully saturated rings. The highest BCUT2D eigenvalue weighted by atomic mass is 16.2. The molecule has 0 heterocycles. The van der Waals surface area contributed by atoms with E-state index < -0.39 is 0 Å². The second kappa shape index (κ2) is 9.42. The van der Waals surface area contributed by atoms with Gasteiger partial charge in [0.05, 0.1) is 6.54 Å². The summed E-state index contributed by atoms with van der Waals surface area (Å²) < 4.78 is 0. The van der Waals surface area contributed by atoms with Crippen molar-refractivity contribution in [1.29, 1.82) is 0 Å². The van der Waals surface area contributed by atoms with Crippen molar-refractivity contribution in [2.75, 3.05) is 26.2 Å². The summed E-state index contributed by atoms with van der Waals surface area (Å²) in [6, 6.07) is 0.461. The van der Waals surface area contributed by atoms with E-state index in [0.717, 1.165) is 25.9 Å². The molecule has 0 aliphatic carbocycles. The molecule has 0 aromatic carbocycles. The summed E-state index contributed by atoms with van der Waals surface area (Å²) in [5, 5.41) is 2.95. The Morgan fingerprint density at radius 2 is 1.88 bits per heavy atom. The Hall–Kier alpha value is -0.610. The average Bonchev–Trinajstić information content (AvgIpc) is 2.28. The van der Waals surface area contributed by atoms with Crippen LogP contribution in [0.15, 0.2) is 0 Å². The van der Waals surface area contributed by atoms with E-state index in [4.69, 9.17) is 5.73 Å². The van der Waals surface area contributed by atoms with Crippen molar-refractivity contribution in [3.63, 3.8) is 0 Å². The van der Waals surface area contributed by atoms with Crippen molar-refractivity contribution < 1.29 is 4.79 Å². The fraction of sp³-hybridized carbons (Fsp3) is 0.923. The molecule has 0 unspecified atom stereocenters. The topological polar surface area (TPSA) is 58.4 Å². The van der Waals surface area contributed by atoms with Crippen molar-refractivity contribution in [2.45, 2.75) is 46.6 Å². The Balaban J connectivity index is 4.18. The number of hydrogen-bond acceptors (Lipinski definition) is 3. The second-order valence-corrected chi connectivity index (χ2v) is 4.93. The van der Waals surface area contributed by atoms with Crippen molar-refractivity contribution in [3.05, 3.63) is 0 Å². The minimum Gasteiger partial charge on any atom is -0.355 e. The van der Waals surface area contributed by atoms with E-state index in [0.29, 0.717) is 25.0 Å². The Kier molecular flexibility index (Phi) is 9.09. The van der Waals surface area contributed by atoms with Crippen LogP contribution in [-0.4, -0.2) is 43.0 Å². The molecule has 17 heavy (non-hydrogen) atoms. The van der Waals surface area contributed by atoms with Gasteiger partial charge in [0.2, 0.25) is 5.91 Å². The molecule has 0 rings (SSSR count). The van der Waals surface area contributed by atoms with E-state index in [9.17, 15) is 4.79 Å². The third-order valence-corrected chi connectivity index (χ3v) is 2.93. The molecule has 4 nitrogen and oxygen atoms in total. The standard InChI is InChI=1S/C13H29N3O/c1-5-12(6-2)16(8-7-14)10-13(17)15-9-11(3)4/h11-12H,5-10,14H2,1-4H3,(H,15,17). The normalized spacial score (nSPS) is 11.5. The molecule has 0 aromatic rings. The minimum atomic E-state index is 0.110. The van der Waals surface area contributed by atoms with Crippen LogP contribution in [0.1, 0.15) is 40.5 Å². The summed E-state index contributed by atoms with van der Waals surface area (Å²) >= 11 is 0. The molecule has 0 aromatic heterocycles. The van der Waals surface area contributed by atoms with Crippen LogP contribution in [-0.2, 0) is 4.79 Å². The first kappa shape index (κ1) is 16.4. The number of rotatable bonds is 9. The van der Waals surface area contributed by atoms with Gasteiger partial charge in [-0.2, -0.15) is 0 Å². The number of nitrogens with zero attached hydrogens (tertiary/aromatic N) is 1. The van der Waals surface area contributed by atoms with Gasteiger partial charge in [-0.3, -0.25) is 9.69 Å². The van der Waals surface area contributed by atoms with Crippen molar-refractivity contribution >= 4 is 5.91 Å². The van der Waals surface area contributed by atoms with Crippen molar-refractivity contribution in [3.8, 4) is 0 Å². The van der Waals surface area contributed by atoms with Gasteiger partial charge in [-0.25, -0.2) is 0 Å². The fourth-order valence-electron chi connectivity index (χ4n) is 1.92. The summed E-state index contributed by atoms with van der Waals surface area (Å²) in [6.07, 6.45) is 2.13. The van der Waals surface area contributed by atoms with Gasteiger partial charge >= 0.3 is 0 Å². The third kappa shape index (κ3) is 7.34. The average molecular weight is 243 g/mol. The number of hydrogen-bond donors (Lipinski definition) is 2. The van der Waals surface area contributed by atoms with Gasteiger partial charge in [-0.15, -0.1) is 0 Å². The van der Waals surface area contributed by atoms with Gasteiger partial charge in [0.15, 0.2) is 0 Å². The lowest BCUT2D eigenvalue weighted by Gasteiger charge is -2.29. The van der Waals surface area contributed by atoms with Crippen LogP contribution in [0.5, 0.6) is 0 Å². The molecule has 0 spiro atoms. The molecule has 0 saturated heterocycles. The predicted octanol–water partition coefficient (Wildman–Crippen LogP) is 1.21. The number of carbonyl (C=O) groups is 1. The zero-order valence-corrected chi connectivity index (χ0v) is 11.8. The fourth-order valence-corrected chi connectivity index (χ4v) is 1.92.